The quantitative estimate of drug-likeness (QED) is 0.872. The smallest absolute Gasteiger partial charge is 0.126 e. The highest BCUT2D eigenvalue weighted by Gasteiger charge is 2.24. The van der Waals surface area contributed by atoms with Crippen LogP contribution in [-0.4, -0.2) is 19.8 Å². The summed E-state index contributed by atoms with van der Waals surface area (Å²) >= 11 is 0. The lowest BCUT2D eigenvalue weighted by molar-refractivity contribution is -0.00664. The second-order valence-electron chi connectivity index (χ2n) is 4.68. The summed E-state index contributed by atoms with van der Waals surface area (Å²) < 4.78 is 19.1. The van der Waals surface area contributed by atoms with Gasteiger partial charge >= 0.3 is 0 Å². The molecule has 2 unspecified atom stereocenters. The molecule has 0 amide bonds. The van der Waals surface area contributed by atoms with Gasteiger partial charge in [0, 0.05) is 6.61 Å². The first-order chi connectivity index (χ1) is 8.22. The van der Waals surface area contributed by atoms with Crippen LogP contribution in [0.3, 0.4) is 0 Å². The molecule has 1 aromatic carbocycles. The number of hydrogen-bond donors (Lipinski definition) is 1. The molecule has 2 atom stereocenters. The molecular formula is C14H20FNO. The minimum absolute atomic E-state index is 0.145. The van der Waals surface area contributed by atoms with Gasteiger partial charge in [-0.1, -0.05) is 12.1 Å². The molecule has 2 rings (SSSR count). The molecule has 0 bridgehead atoms. The van der Waals surface area contributed by atoms with E-state index in [0.29, 0.717) is 5.56 Å². The lowest BCUT2D eigenvalue weighted by atomic mass is 9.95. The Bertz CT molecular complexity index is 374. The number of likely N-dealkylation sites (N-methyl/N-ethyl adjacent to an activating group) is 1. The Morgan fingerprint density at radius 2 is 2.24 bits per heavy atom. The van der Waals surface area contributed by atoms with Crippen LogP contribution in [0.1, 0.15) is 36.4 Å². The number of hydrogen-bond acceptors (Lipinski definition) is 2. The van der Waals surface area contributed by atoms with Gasteiger partial charge in [-0.15, -0.1) is 0 Å². The van der Waals surface area contributed by atoms with Crippen LogP contribution in [0.25, 0.3) is 0 Å². The molecule has 3 heteroatoms. The number of benzene rings is 1. The zero-order valence-electron chi connectivity index (χ0n) is 10.5. The summed E-state index contributed by atoms with van der Waals surface area (Å²) in [5.74, 6) is -0.145. The van der Waals surface area contributed by atoms with Crippen LogP contribution in [0.2, 0.25) is 0 Å². The lowest BCUT2D eigenvalue weighted by Crippen LogP contribution is -2.34. The monoisotopic (exact) mass is 237 g/mol. The van der Waals surface area contributed by atoms with E-state index in [1.54, 1.807) is 6.92 Å². The van der Waals surface area contributed by atoms with Crippen molar-refractivity contribution in [2.45, 2.75) is 38.3 Å². The third-order valence-electron chi connectivity index (χ3n) is 3.44. The molecule has 1 aromatic rings. The van der Waals surface area contributed by atoms with Crippen LogP contribution >= 0.6 is 0 Å². The van der Waals surface area contributed by atoms with E-state index in [1.807, 2.05) is 19.2 Å². The zero-order chi connectivity index (χ0) is 12.3. The summed E-state index contributed by atoms with van der Waals surface area (Å²) in [6.07, 6.45) is 3.64. The van der Waals surface area contributed by atoms with Crippen molar-refractivity contribution in [1.29, 1.82) is 0 Å². The van der Waals surface area contributed by atoms with E-state index in [4.69, 9.17) is 4.74 Å². The third-order valence-corrected chi connectivity index (χ3v) is 3.44. The fourth-order valence-corrected chi connectivity index (χ4v) is 2.46. The topological polar surface area (TPSA) is 21.3 Å². The Balaban J connectivity index is 2.18. The molecule has 0 radical (unpaired) electrons. The van der Waals surface area contributed by atoms with Crippen molar-refractivity contribution in [2.75, 3.05) is 13.7 Å². The van der Waals surface area contributed by atoms with Crippen molar-refractivity contribution >= 4 is 0 Å². The standard InChI is InChI=1S/C14H20FNO/c1-10-9-11(6-7-12(10)15)14(16-2)13-5-3-4-8-17-13/h6-7,9,13-14,16H,3-5,8H2,1-2H3. The molecule has 1 aliphatic rings. The molecular weight excluding hydrogens is 217 g/mol. The maximum atomic E-state index is 13.3. The third kappa shape index (κ3) is 2.85. The first-order valence-electron chi connectivity index (χ1n) is 6.27. The summed E-state index contributed by atoms with van der Waals surface area (Å²) in [5, 5.41) is 3.29. The van der Waals surface area contributed by atoms with Crippen molar-refractivity contribution in [3.63, 3.8) is 0 Å². The Kier molecular flexibility index (Phi) is 4.13. The fourth-order valence-electron chi connectivity index (χ4n) is 2.46. The van der Waals surface area contributed by atoms with Gasteiger partial charge < -0.3 is 10.1 Å². The molecule has 17 heavy (non-hydrogen) atoms. The van der Waals surface area contributed by atoms with Gasteiger partial charge in [-0.05, 0) is 50.4 Å². The van der Waals surface area contributed by atoms with Crippen LogP contribution in [0.5, 0.6) is 0 Å². The Hall–Kier alpha value is -0.930. The Labute approximate surface area is 102 Å². The van der Waals surface area contributed by atoms with Crippen molar-refractivity contribution in [3.05, 3.63) is 35.1 Å². The van der Waals surface area contributed by atoms with Crippen molar-refractivity contribution in [1.82, 2.24) is 5.32 Å². The van der Waals surface area contributed by atoms with E-state index in [0.717, 1.165) is 25.0 Å². The average molecular weight is 237 g/mol. The van der Waals surface area contributed by atoms with Gasteiger partial charge in [0.05, 0.1) is 12.1 Å². The fraction of sp³-hybridized carbons (Fsp3) is 0.571. The summed E-state index contributed by atoms with van der Waals surface area (Å²) in [4.78, 5) is 0. The number of halogens is 1. The summed E-state index contributed by atoms with van der Waals surface area (Å²) in [7, 11) is 1.93. The highest BCUT2D eigenvalue weighted by molar-refractivity contribution is 5.27. The number of nitrogens with one attached hydrogen (secondary N) is 1. The Morgan fingerprint density at radius 1 is 1.41 bits per heavy atom. The maximum Gasteiger partial charge on any atom is 0.126 e. The normalized spacial score (nSPS) is 22.4. The minimum atomic E-state index is -0.145. The van der Waals surface area contributed by atoms with E-state index >= 15 is 0 Å². The molecule has 1 aliphatic heterocycles. The van der Waals surface area contributed by atoms with Gasteiger partial charge in [0.2, 0.25) is 0 Å². The van der Waals surface area contributed by atoms with Gasteiger partial charge in [0.15, 0.2) is 0 Å². The highest BCUT2D eigenvalue weighted by Crippen LogP contribution is 2.27. The maximum absolute atomic E-state index is 13.3. The average Bonchev–Trinajstić information content (AvgIpc) is 2.36. The first-order valence-corrected chi connectivity index (χ1v) is 6.27. The summed E-state index contributed by atoms with van der Waals surface area (Å²) in [6, 6.07) is 5.46. The number of aryl methyl sites for hydroxylation is 1. The van der Waals surface area contributed by atoms with E-state index in [-0.39, 0.29) is 18.0 Å². The SMILES string of the molecule is CNC(c1ccc(F)c(C)c1)C1CCCCO1. The van der Waals surface area contributed by atoms with Gasteiger partial charge in [0.25, 0.3) is 0 Å². The van der Waals surface area contributed by atoms with Crippen LogP contribution in [0.4, 0.5) is 4.39 Å². The number of rotatable bonds is 3. The van der Waals surface area contributed by atoms with E-state index in [2.05, 4.69) is 5.32 Å². The highest BCUT2D eigenvalue weighted by atomic mass is 19.1. The first kappa shape index (κ1) is 12.5. The van der Waals surface area contributed by atoms with E-state index in [9.17, 15) is 4.39 Å². The molecule has 0 aliphatic carbocycles. The molecule has 94 valence electrons. The van der Waals surface area contributed by atoms with Crippen molar-refractivity contribution in [2.24, 2.45) is 0 Å². The molecule has 1 N–H and O–H groups in total. The largest absolute Gasteiger partial charge is 0.376 e. The lowest BCUT2D eigenvalue weighted by Gasteiger charge is -2.30. The van der Waals surface area contributed by atoms with Crippen LogP contribution in [0, 0.1) is 12.7 Å². The molecule has 0 aromatic heterocycles. The molecule has 1 saturated heterocycles. The zero-order valence-corrected chi connectivity index (χ0v) is 10.5. The number of ether oxygens (including phenoxy) is 1. The Morgan fingerprint density at radius 3 is 2.82 bits per heavy atom. The minimum Gasteiger partial charge on any atom is -0.376 e. The van der Waals surface area contributed by atoms with E-state index in [1.165, 1.54) is 12.5 Å². The molecule has 1 heterocycles. The second kappa shape index (κ2) is 5.61. The van der Waals surface area contributed by atoms with Crippen LogP contribution in [-0.2, 0) is 4.74 Å². The summed E-state index contributed by atoms with van der Waals surface area (Å²) in [5.41, 5.74) is 1.80. The van der Waals surface area contributed by atoms with Gasteiger partial charge in [0.1, 0.15) is 5.82 Å². The summed E-state index contributed by atoms with van der Waals surface area (Å²) in [6.45, 7) is 2.64. The van der Waals surface area contributed by atoms with Crippen LogP contribution in [0.15, 0.2) is 18.2 Å². The molecule has 0 spiro atoms. The van der Waals surface area contributed by atoms with Crippen molar-refractivity contribution in [3.8, 4) is 0 Å². The molecule has 2 nitrogen and oxygen atoms in total. The molecule has 0 saturated carbocycles. The van der Waals surface area contributed by atoms with Gasteiger partial charge in [-0.3, -0.25) is 0 Å². The van der Waals surface area contributed by atoms with E-state index < -0.39 is 0 Å². The van der Waals surface area contributed by atoms with Crippen molar-refractivity contribution < 1.29 is 9.13 Å². The van der Waals surface area contributed by atoms with Gasteiger partial charge in [-0.2, -0.15) is 0 Å². The predicted octanol–water partition coefficient (Wildman–Crippen LogP) is 2.96. The van der Waals surface area contributed by atoms with Crippen LogP contribution < -0.4 is 5.32 Å². The second-order valence-corrected chi connectivity index (χ2v) is 4.68. The molecule has 1 fully saturated rings. The van der Waals surface area contributed by atoms with Gasteiger partial charge in [-0.25, -0.2) is 4.39 Å². The predicted molar refractivity (Wildman–Crippen MR) is 66.5 cm³/mol.